The minimum absolute atomic E-state index is 0.0212. The number of carboxylic acid groups (broad SMARTS) is 1. The van der Waals surface area contributed by atoms with Gasteiger partial charge in [-0.2, -0.15) is 0 Å². The third-order valence-corrected chi connectivity index (χ3v) is 6.28. The topological polar surface area (TPSA) is 112 Å². The van der Waals surface area contributed by atoms with E-state index >= 15 is 0 Å². The molecule has 27 heavy (non-hydrogen) atoms. The van der Waals surface area contributed by atoms with E-state index in [-0.39, 0.29) is 17.4 Å². The highest BCUT2D eigenvalue weighted by Gasteiger charge is 2.51. The predicted octanol–water partition coefficient (Wildman–Crippen LogP) is 1.47. The molecule has 8 nitrogen and oxygen atoms in total. The molecule has 1 aliphatic carbocycles. The van der Waals surface area contributed by atoms with Crippen molar-refractivity contribution in [3.8, 4) is 0 Å². The van der Waals surface area contributed by atoms with Crippen LogP contribution in [-0.4, -0.2) is 46.6 Å². The molecule has 2 saturated heterocycles. The van der Waals surface area contributed by atoms with Gasteiger partial charge in [0.25, 0.3) is 5.91 Å². The lowest BCUT2D eigenvalue weighted by atomic mass is 9.76. The summed E-state index contributed by atoms with van der Waals surface area (Å²) in [5, 5.41) is 14.8. The van der Waals surface area contributed by atoms with E-state index in [9.17, 15) is 19.5 Å². The van der Waals surface area contributed by atoms with Crippen molar-refractivity contribution in [1.82, 2.24) is 15.6 Å². The second-order valence-electron chi connectivity index (χ2n) is 7.62. The normalized spacial score (nSPS) is 25.3. The van der Waals surface area contributed by atoms with Crippen molar-refractivity contribution in [3.05, 3.63) is 22.9 Å². The van der Waals surface area contributed by atoms with Crippen LogP contribution in [-0.2, 0) is 17.6 Å². The van der Waals surface area contributed by atoms with Crippen LogP contribution in [0.1, 0.15) is 54.2 Å². The molecule has 3 aliphatic rings. The zero-order valence-electron chi connectivity index (χ0n) is 15.4. The van der Waals surface area contributed by atoms with E-state index in [4.69, 9.17) is 0 Å². The molecule has 0 saturated carbocycles. The molecule has 2 fully saturated rings. The highest BCUT2D eigenvalue weighted by Crippen LogP contribution is 2.36. The first-order valence-corrected chi connectivity index (χ1v) is 9.59. The Morgan fingerprint density at radius 3 is 2.67 bits per heavy atom. The summed E-state index contributed by atoms with van der Waals surface area (Å²) in [7, 11) is 0. The maximum absolute atomic E-state index is 12.4. The molecule has 3 amide bonds. The van der Waals surface area contributed by atoms with Crippen LogP contribution in [0.2, 0.25) is 0 Å². The second kappa shape index (κ2) is 6.51. The van der Waals surface area contributed by atoms with E-state index < -0.39 is 17.5 Å². The predicted molar refractivity (Wildman–Crippen MR) is 97.9 cm³/mol. The standard InChI is InChI=1S/C19H24N4O4/c1-2-19(17(26)21-18(27)22-19)12-6-8-23(9-7-12)15-13(16(24)25)10-11-4-3-5-14(11)20-15/h10,12H,2-9H2,1H3,(H,24,25)(H2,21,22,26,27). The van der Waals surface area contributed by atoms with Gasteiger partial charge in [0.05, 0.1) is 0 Å². The number of carbonyl (C=O) groups excluding carboxylic acids is 2. The summed E-state index contributed by atoms with van der Waals surface area (Å²) in [6.45, 7) is 3.13. The number of urea groups is 1. The number of aromatic carboxylic acids is 1. The van der Waals surface area contributed by atoms with Crippen molar-refractivity contribution in [1.29, 1.82) is 0 Å². The maximum atomic E-state index is 12.4. The molecule has 144 valence electrons. The van der Waals surface area contributed by atoms with Crippen LogP contribution < -0.4 is 15.5 Å². The van der Waals surface area contributed by atoms with Crippen LogP contribution in [0.3, 0.4) is 0 Å². The minimum atomic E-state index is -0.957. The molecule has 8 heteroatoms. The lowest BCUT2D eigenvalue weighted by Crippen LogP contribution is -2.55. The van der Waals surface area contributed by atoms with Crippen molar-refractivity contribution in [3.63, 3.8) is 0 Å². The first-order chi connectivity index (χ1) is 12.9. The molecule has 0 bridgehead atoms. The fraction of sp³-hybridized carbons (Fsp3) is 0.579. The molecule has 3 heterocycles. The Balaban J connectivity index is 1.56. The van der Waals surface area contributed by atoms with Crippen molar-refractivity contribution in [2.75, 3.05) is 18.0 Å². The number of piperidine rings is 1. The number of hydrogen-bond donors (Lipinski definition) is 3. The van der Waals surface area contributed by atoms with Gasteiger partial charge in [-0.1, -0.05) is 6.92 Å². The average molecular weight is 372 g/mol. The van der Waals surface area contributed by atoms with Gasteiger partial charge in [0.1, 0.15) is 16.9 Å². The highest BCUT2D eigenvalue weighted by molar-refractivity contribution is 6.07. The van der Waals surface area contributed by atoms with Crippen LogP contribution >= 0.6 is 0 Å². The molecule has 2 aliphatic heterocycles. The summed E-state index contributed by atoms with van der Waals surface area (Å²) in [6, 6.07) is 1.34. The molecule has 0 spiro atoms. The van der Waals surface area contributed by atoms with Crippen LogP contribution in [0.25, 0.3) is 0 Å². The lowest BCUT2D eigenvalue weighted by molar-refractivity contribution is -0.126. The Hall–Kier alpha value is -2.64. The molecule has 0 aromatic carbocycles. The fourth-order valence-corrected chi connectivity index (χ4v) is 4.77. The van der Waals surface area contributed by atoms with E-state index in [1.807, 2.05) is 11.8 Å². The van der Waals surface area contributed by atoms with Crippen molar-refractivity contribution in [2.45, 2.75) is 51.0 Å². The number of pyridine rings is 1. The molecular weight excluding hydrogens is 348 g/mol. The summed E-state index contributed by atoms with van der Waals surface area (Å²) in [5.74, 6) is -0.655. The lowest BCUT2D eigenvalue weighted by Gasteiger charge is -2.40. The molecule has 4 rings (SSSR count). The van der Waals surface area contributed by atoms with Crippen molar-refractivity contribution in [2.24, 2.45) is 5.92 Å². The first kappa shape index (κ1) is 17.8. The van der Waals surface area contributed by atoms with E-state index in [0.29, 0.717) is 38.2 Å². The summed E-state index contributed by atoms with van der Waals surface area (Å²) >= 11 is 0. The molecule has 1 unspecified atom stereocenters. The molecule has 0 radical (unpaired) electrons. The number of fused-ring (bicyclic) bond motifs is 1. The van der Waals surface area contributed by atoms with Gasteiger partial charge in [-0.05, 0) is 56.1 Å². The summed E-state index contributed by atoms with van der Waals surface area (Å²) in [6.07, 6.45) is 4.72. The second-order valence-corrected chi connectivity index (χ2v) is 7.62. The van der Waals surface area contributed by atoms with Crippen molar-refractivity contribution >= 4 is 23.7 Å². The number of imide groups is 1. The van der Waals surface area contributed by atoms with Gasteiger partial charge in [-0.25, -0.2) is 14.6 Å². The number of carboxylic acids is 1. The zero-order valence-corrected chi connectivity index (χ0v) is 15.4. The SMILES string of the molecule is CCC1(C2CCN(c3nc4c(cc3C(=O)O)CCC4)CC2)NC(=O)NC1=O. The van der Waals surface area contributed by atoms with Crippen molar-refractivity contribution < 1.29 is 19.5 Å². The largest absolute Gasteiger partial charge is 0.478 e. The number of carbonyl (C=O) groups is 3. The summed E-state index contributed by atoms with van der Waals surface area (Å²) < 4.78 is 0. The Labute approximate surface area is 157 Å². The third kappa shape index (κ3) is 2.83. The highest BCUT2D eigenvalue weighted by atomic mass is 16.4. The number of rotatable bonds is 4. The number of nitrogens with zero attached hydrogens (tertiary/aromatic N) is 2. The number of nitrogens with one attached hydrogen (secondary N) is 2. The maximum Gasteiger partial charge on any atom is 0.339 e. The fourth-order valence-electron chi connectivity index (χ4n) is 4.77. The van der Waals surface area contributed by atoms with Crippen LogP contribution in [0.5, 0.6) is 0 Å². The van der Waals surface area contributed by atoms with Gasteiger partial charge < -0.3 is 15.3 Å². The zero-order chi connectivity index (χ0) is 19.2. The summed E-state index contributed by atoms with van der Waals surface area (Å²) in [4.78, 5) is 42.5. The summed E-state index contributed by atoms with van der Waals surface area (Å²) in [5.41, 5.74) is 1.45. The quantitative estimate of drug-likeness (QED) is 0.690. The van der Waals surface area contributed by atoms with Gasteiger partial charge in [-0.15, -0.1) is 0 Å². The van der Waals surface area contributed by atoms with Crippen LogP contribution in [0.15, 0.2) is 6.07 Å². The number of hydrogen-bond acceptors (Lipinski definition) is 5. The van der Waals surface area contributed by atoms with E-state index in [1.54, 1.807) is 6.07 Å². The number of aryl methyl sites for hydroxylation is 2. The molecular formula is C19H24N4O4. The van der Waals surface area contributed by atoms with Gasteiger partial charge in [0, 0.05) is 18.8 Å². The van der Waals surface area contributed by atoms with Gasteiger partial charge in [0.2, 0.25) is 0 Å². The molecule has 1 aromatic heterocycles. The molecule has 3 N–H and O–H groups in total. The average Bonchev–Trinajstić information content (AvgIpc) is 3.24. The van der Waals surface area contributed by atoms with E-state index in [0.717, 1.165) is 30.5 Å². The number of anilines is 1. The number of amides is 3. The Bertz CT molecular complexity index is 816. The monoisotopic (exact) mass is 372 g/mol. The Morgan fingerprint density at radius 1 is 1.33 bits per heavy atom. The van der Waals surface area contributed by atoms with Crippen LogP contribution in [0.4, 0.5) is 10.6 Å². The van der Waals surface area contributed by atoms with Crippen LogP contribution in [0, 0.1) is 5.92 Å². The third-order valence-electron chi connectivity index (χ3n) is 6.28. The molecule has 1 atom stereocenters. The van der Waals surface area contributed by atoms with Gasteiger partial charge >= 0.3 is 12.0 Å². The Kier molecular flexibility index (Phi) is 4.28. The van der Waals surface area contributed by atoms with Gasteiger partial charge in [-0.3, -0.25) is 10.1 Å². The minimum Gasteiger partial charge on any atom is -0.478 e. The first-order valence-electron chi connectivity index (χ1n) is 9.59. The number of aromatic nitrogens is 1. The Morgan fingerprint density at radius 2 is 2.07 bits per heavy atom. The van der Waals surface area contributed by atoms with Gasteiger partial charge in [0.15, 0.2) is 0 Å². The van der Waals surface area contributed by atoms with E-state index in [2.05, 4.69) is 15.6 Å². The van der Waals surface area contributed by atoms with E-state index in [1.165, 1.54) is 0 Å². The molecule has 1 aromatic rings. The smallest absolute Gasteiger partial charge is 0.339 e.